The molecule has 6 nitrogen and oxygen atoms in total. The van der Waals surface area contributed by atoms with E-state index in [1.54, 1.807) is 0 Å². The first kappa shape index (κ1) is 62.8. The van der Waals surface area contributed by atoms with Crippen molar-refractivity contribution in [1.82, 2.24) is 5.32 Å². The van der Waals surface area contributed by atoms with Crippen LogP contribution in [0, 0.1) is 0 Å². The molecule has 3 N–H and O–H groups in total. The maximum absolute atomic E-state index is 13.2. The van der Waals surface area contributed by atoms with Gasteiger partial charge in [-0.3, -0.25) is 9.59 Å². The second-order valence-corrected chi connectivity index (χ2v) is 19.4. The van der Waals surface area contributed by atoms with Crippen LogP contribution in [0.2, 0.25) is 0 Å². The Morgan fingerprint density at radius 2 is 0.785 bits per heavy atom. The highest BCUT2D eigenvalue weighted by Gasteiger charge is 2.24. The molecule has 0 aromatic heterocycles. The molecule has 0 rings (SSSR count). The van der Waals surface area contributed by atoms with E-state index in [0.29, 0.717) is 19.3 Å². The number of allylic oxidation sites excluding steroid dienone is 8. The van der Waals surface area contributed by atoms with Gasteiger partial charge < -0.3 is 20.3 Å². The second-order valence-electron chi connectivity index (χ2n) is 19.4. The molecule has 0 fully saturated rings. The minimum absolute atomic E-state index is 0.0544. The summed E-state index contributed by atoms with van der Waals surface area (Å²) in [5.74, 6) is -0.500. The van der Waals surface area contributed by atoms with Gasteiger partial charge in [0.05, 0.1) is 25.2 Å². The Kier molecular flexibility index (Phi) is 51.0. The third-order valence-corrected chi connectivity index (χ3v) is 13.0. The lowest BCUT2D eigenvalue weighted by atomic mass is 10.0. The summed E-state index contributed by atoms with van der Waals surface area (Å²) in [6.45, 7) is 6.46. The highest BCUT2D eigenvalue weighted by Crippen LogP contribution is 2.18. The van der Waals surface area contributed by atoms with E-state index in [-0.39, 0.29) is 24.9 Å². The van der Waals surface area contributed by atoms with E-state index in [1.165, 1.54) is 173 Å². The van der Waals surface area contributed by atoms with Crippen LogP contribution in [0.5, 0.6) is 0 Å². The molecule has 6 heteroatoms. The summed E-state index contributed by atoms with van der Waals surface area (Å²) in [4.78, 5) is 26.2. The summed E-state index contributed by atoms with van der Waals surface area (Å²) in [5.41, 5.74) is 0. The van der Waals surface area contributed by atoms with Crippen LogP contribution in [0.3, 0.4) is 0 Å². The maximum atomic E-state index is 13.2. The number of carbonyl (C=O) groups is 2. The van der Waals surface area contributed by atoms with Gasteiger partial charge >= 0.3 is 5.97 Å². The molecule has 0 spiro atoms. The topological polar surface area (TPSA) is 95.9 Å². The fraction of sp³-hybridized carbons (Fsp3) is 0.831. The van der Waals surface area contributed by atoms with Gasteiger partial charge in [0.25, 0.3) is 0 Å². The standard InChI is InChI=1S/C59H109NO5/c1-4-7-10-13-16-19-22-25-27-29-30-32-34-37-40-43-46-49-52-59(64)65-55(50-47-44-41-38-35-33-31-28-26-23-20-17-14-11-8-5-2)53-58(63)60-56(54-61)57(62)51-48-45-42-39-36-24-21-18-15-12-9-6-3/h17,20,23,26,28,31,33,35,55-57,61-62H,4-16,18-19,21-22,24-25,27,29-30,32,34,36-54H2,1-3H3,(H,60,63)/b20-17+,26-23+,31-28+,35-33+. The molecular weight excluding hydrogens is 803 g/mol. The zero-order valence-electron chi connectivity index (χ0n) is 43.4. The molecule has 0 aliphatic heterocycles. The molecule has 3 unspecified atom stereocenters. The van der Waals surface area contributed by atoms with Crippen LogP contribution >= 0.6 is 0 Å². The Labute approximate surface area is 404 Å². The Morgan fingerprint density at radius 1 is 0.446 bits per heavy atom. The number of nitrogens with one attached hydrogen (secondary N) is 1. The lowest BCUT2D eigenvalue weighted by molar-refractivity contribution is -0.151. The summed E-state index contributed by atoms with van der Waals surface area (Å²) in [6, 6.07) is -0.713. The molecule has 0 radical (unpaired) electrons. The Morgan fingerprint density at radius 3 is 1.22 bits per heavy atom. The zero-order chi connectivity index (χ0) is 47.4. The summed E-state index contributed by atoms with van der Waals surface area (Å²) in [6.07, 6.45) is 64.6. The van der Waals surface area contributed by atoms with Gasteiger partial charge in [0, 0.05) is 6.42 Å². The van der Waals surface area contributed by atoms with Gasteiger partial charge in [0.2, 0.25) is 5.91 Å². The van der Waals surface area contributed by atoms with Crippen molar-refractivity contribution >= 4 is 11.9 Å². The number of hydrogen-bond donors (Lipinski definition) is 3. The van der Waals surface area contributed by atoms with Gasteiger partial charge in [-0.05, 0) is 51.4 Å². The Hall–Kier alpha value is -2.18. The highest BCUT2D eigenvalue weighted by atomic mass is 16.5. The molecule has 0 bridgehead atoms. The molecular formula is C59H109NO5. The van der Waals surface area contributed by atoms with Crippen LogP contribution in [0.15, 0.2) is 48.6 Å². The van der Waals surface area contributed by atoms with Crippen molar-refractivity contribution in [2.24, 2.45) is 0 Å². The monoisotopic (exact) mass is 912 g/mol. The molecule has 0 aromatic rings. The van der Waals surface area contributed by atoms with Gasteiger partial charge in [0.1, 0.15) is 6.10 Å². The molecule has 0 saturated heterocycles. The number of carbonyl (C=O) groups excluding carboxylic acids is 2. The number of hydrogen-bond acceptors (Lipinski definition) is 5. The predicted molar refractivity (Wildman–Crippen MR) is 282 cm³/mol. The molecule has 0 heterocycles. The zero-order valence-corrected chi connectivity index (χ0v) is 43.4. The molecule has 1 amide bonds. The van der Waals surface area contributed by atoms with Crippen molar-refractivity contribution in [3.05, 3.63) is 48.6 Å². The van der Waals surface area contributed by atoms with Crippen molar-refractivity contribution in [1.29, 1.82) is 0 Å². The molecule has 65 heavy (non-hydrogen) atoms. The number of unbranched alkanes of at least 4 members (excludes halogenated alkanes) is 34. The highest BCUT2D eigenvalue weighted by molar-refractivity contribution is 5.77. The van der Waals surface area contributed by atoms with Crippen molar-refractivity contribution in [3.63, 3.8) is 0 Å². The van der Waals surface area contributed by atoms with Crippen LogP contribution in [-0.2, 0) is 14.3 Å². The lowest BCUT2D eigenvalue weighted by Crippen LogP contribution is -2.46. The van der Waals surface area contributed by atoms with Gasteiger partial charge in [-0.15, -0.1) is 0 Å². The van der Waals surface area contributed by atoms with E-state index in [0.717, 1.165) is 70.6 Å². The summed E-state index contributed by atoms with van der Waals surface area (Å²) in [5, 5.41) is 23.8. The van der Waals surface area contributed by atoms with E-state index in [4.69, 9.17) is 4.74 Å². The predicted octanol–water partition coefficient (Wildman–Crippen LogP) is 17.4. The molecule has 0 aromatic carbocycles. The van der Waals surface area contributed by atoms with Crippen molar-refractivity contribution < 1.29 is 24.5 Å². The van der Waals surface area contributed by atoms with Crippen LogP contribution < -0.4 is 5.32 Å². The fourth-order valence-electron chi connectivity index (χ4n) is 8.68. The number of aliphatic hydroxyl groups excluding tert-OH is 2. The normalized spacial score (nSPS) is 13.5. The number of aliphatic hydroxyl groups is 2. The molecule has 3 atom stereocenters. The SMILES string of the molecule is CCCCC/C=C/C=C/C=C/C=C/CCCCCC(CC(=O)NC(CO)C(O)CCCCCCCCCCCCCC)OC(=O)CCCCCCCCCCCCCCCCCCCC. The first-order chi connectivity index (χ1) is 32.0. The maximum Gasteiger partial charge on any atom is 0.306 e. The van der Waals surface area contributed by atoms with Gasteiger partial charge in [0.15, 0.2) is 0 Å². The number of rotatable bonds is 51. The first-order valence-electron chi connectivity index (χ1n) is 28.4. The third kappa shape index (κ3) is 48.1. The molecule has 0 saturated carbocycles. The Balaban J connectivity index is 4.60. The van der Waals surface area contributed by atoms with Crippen molar-refractivity contribution in [2.45, 2.75) is 309 Å². The van der Waals surface area contributed by atoms with E-state index < -0.39 is 18.2 Å². The van der Waals surface area contributed by atoms with Crippen molar-refractivity contribution in [3.8, 4) is 0 Å². The van der Waals surface area contributed by atoms with Gasteiger partial charge in [-0.25, -0.2) is 0 Å². The number of esters is 1. The van der Waals surface area contributed by atoms with Gasteiger partial charge in [-0.1, -0.05) is 275 Å². The number of amides is 1. The molecule has 0 aliphatic rings. The average Bonchev–Trinajstić information content (AvgIpc) is 3.30. The van der Waals surface area contributed by atoms with Crippen LogP contribution in [0.1, 0.15) is 290 Å². The summed E-state index contributed by atoms with van der Waals surface area (Å²) in [7, 11) is 0. The van der Waals surface area contributed by atoms with E-state index in [9.17, 15) is 19.8 Å². The molecule has 380 valence electrons. The smallest absolute Gasteiger partial charge is 0.306 e. The van der Waals surface area contributed by atoms with E-state index in [2.05, 4.69) is 74.7 Å². The average molecular weight is 913 g/mol. The van der Waals surface area contributed by atoms with Crippen LogP contribution in [-0.4, -0.2) is 46.9 Å². The first-order valence-corrected chi connectivity index (χ1v) is 28.4. The molecule has 0 aliphatic carbocycles. The summed E-state index contributed by atoms with van der Waals surface area (Å²) < 4.78 is 5.94. The third-order valence-electron chi connectivity index (χ3n) is 13.0. The Bertz CT molecular complexity index is 1110. The van der Waals surface area contributed by atoms with Crippen LogP contribution in [0.4, 0.5) is 0 Å². The lowest BCUT2D eigenvalue weighted by Gasteiger charge is -2.24. The number of ether oxygens (including phenoxy) is 1. The quantitative estimate of drug-likeness (QED) is 0.0321. The minimum atomic E-state index is -0.798. The van der Waals surface area contributed by atoms with E-state index >= 15 is 0 Å². The van der Waals surface area contributed by atoms with Gasteiger partial charge in [-0.2, -0.15) is 0 Å². The fourth-order valence-corrected chi connectivity index (χ4v) is 8.68. The second kappa shape index (κ2) is 52.8. The summed E-state index contributed by atoms with van der Waals surface area (Å²) >= 11 is 0. The van der Waals surface area contributed by atoms with Crippen LogP contribution in [0.25, 0.3) is 0 Å². The minimum Gasteiger partial charge on any atom is -0.462 e. The van der Waals surface area contributed by atoms with Crippen molar-refractivity contribution in [2.75, 3.05) is 6.61 Å². The van der Waals surface area contributed by atoms with E-state index in [1.807, 2.05) is 0 Å². The largest absolute Gasteiger partial charge is 0.462 e.